The van der Waals surface area contributed by atoms with Gasteiger partial charge in [0, 0.05) is 51.9 Å². The molecule has 1 unspecified atom stereocenters. The van der Waals surface area contributed by atoms with E-state index in [0.717, 1.165) is 50.7 Å². The number of aryl methyl sites for hydroxylation is 2. The second-order valence-electron chi connectivity index (χ2n) is 6.17. The Labute approximate surface area is 132 Å². The van der Waals surface area contributed by atoms with E-state index in [4.69, 9.17) is 4.74 Å². The second kappa shape index (κ2) is 7.74. The molecule has 1 aromatic heterocycles. The van der Waals surface area contributed by atoms with E-state index in [-0.39, 0.29) is 11.8 Å². The van der Waals surface area contributed by atoms with Crippen LogP contribution >= 0.6 is 0 Å². The molecule has 1 aliphatic heterocycles. The molecule has 2 rings (SSSR count). The van der Waals surface area contributed by atoms with Gasteiger partial charge in [0.05, 0.1) is 12.3 Å². The van der Waals surface area contributed by atoms with Crippen LogP contribution in [0.2, 0.25) is 0 Å². The SMILES string of the molecule is COCCN1CCN(C(=O)CC(C)c2c(C)n[nH]c2C)CC1. The summed E-state index contributed by atoms with van der Waals surface area (Å²) in [7, 11) is 1.72. The first kappa shape index (κ1) is 17.0. The molecule has 0 bridgehead atoms. The molecule has 1 aliphatic rings. The Balaban J connectivity index is 1.83. The lowest BCUT2D eigenvalue weighted by Crippen LogP contribution is -2.49. The quantitative estimate of drug-likeness (QED) is 0.861. The Kier molecular flexibility index (Phi) is 5.97. The largest absolute Gasteiger partial charge is 0.383 e. The van der Waals surface area contributed by atoms with Crippen LogP contribution in [-0.2, 0) is 9.53 Å². The Hall–Kier alpha value is -1.40. The predicted molar refractivity (Wildman–Crippen MR) is 86.0 cm³/mol. The highest BCUT2D eigenvalue weighted by Crippen LogP contribution is 2.25. The third kappa shape index (κ3) is 4.08. The minimum Gasteiger partial charge on any atom is -0.383 e. The maximum absolute atomic E-state index is 12.5. The molecule has 1 fully saturated rings. The van der Waals surface area contributed by atoms with Crippen LogP contribution in [0.3, 0.4) is 0 Å². The number of carbonyl (C=O) groups excluding carboxylic acids is 1. The molecule has 6 heteroatoms. The van der Waals surface area contributed by atoms with Crippen LogP contribution in [0.5, 0.6) is 0 Å². The molecule has 0 radical (unpaired) electrons. The van der Waals surface area contributed by atoms with Crippen LogP contribution < -0.4 is 0 Å². The zero-order valence-electron chi connectivity index (χ0n) is 14.2. The Morgan fingerprint density at radius 3 is 2.55 bits per heavy atom. The molecule has 0 aliphatic carbocycles. The number of nitrogens with one attached hydrogen (secondary N) is 1. The van der Waals surface area contributed by atoms with Gasteiger partial charge in [0.15, 0.2) is 0 Å². The maximum atomic E-state index is 12.5. The van der Waals surface area contributed by atoms with Crippen molar-refractivity contribution >= 4 is 5.91 Å². The molecule has 1 aromatic rings. The number of aromatic amines is 1. The zero-order valence-corrected chi connectivity index (χ0v) is 14.2. The number of amides is 1. The first-order valence-electron chi connectivity index (χ1n) is 8.03. The number of hydrogen-bond acceptors (Lipinski definition) is 4. The number of H-pyrrole nitrogens is 1. The topological polar surface area (TPSA) is 61.5 Å². The summed E-state index contributed by atoms with van der Waals surface area (Å²) in [6, 6.07) is 0. The van der Waals surface area contributed by atoms with Crippen LogP contribution in [0.15, 0.2) is 0 Å². The van der Waals surface area contributed by atoms with Crippen molar-refractivity contribution in [3.8, 4) is 0 Å². The van der Waals surface area contributed by atoms with E-state index in [0.29, 0.717) is 6.42 Å². The smallest absolute Gasteiger partial charge is 0.223 e. The van der Waals surface area contributed by atoms with Gasteiger partial charge in [-0.3, -0.25) is 14.8 Å². The molecule has 0 aromatic carbocycles. The third-order valence-electron chi connectivity index (χ3n) is 4.50. The fourth-order valence-electron chi connectivity index (χ4n) is 3.22. The average molecular weight is 308 g/mol. The highest BCUT2D eigenvalue weighted by atomic mass is 16.5. The number of aromatic nitrogens is 2. The van der Waals surface area contributed by atoms with Gasteiger partial charge in [-0.25, -0.2) is 0 Å². The molecule has 6 nitrogen and oxygen atoms in total. The zero-order chi connectivity index (χ0) is 16.1. The average Bonchev–Trinajstić information content (AvgIpc) is 2.84. The number of hydrogen-bond donors (Lipinski definition) is 1. The van der Waals surface area contributed by atoms with Gasteiger partial charge >= 0.3 is 0 Å². The van der Waals surface area contributed by atoms with Gasteiger partial charge in [0.25, 0.3) is 0 Å². The van der Waals surface area contributed by atoms with E-state index in [1.807, 2.05) is 18.7 Å². The van der Waals surface area contributed by atoms with E-state index in [9.17, 15) is 4.79 Å². The third-order valence-corrected chi connectivity index (χ3v) is 4.50. The summed E-state index contributed by atoms with van der Waals surface area (Å²) < 4.78 is 5.10. The maximum Gasteiger partial charge on any atom is 0.223 e. The first-order chi connectivity index (χ1) is 10.5. The Morgan fingerprint density at radius 1 is 1.32 bits per heavy atom. The van der Waals surface area contributed by atoms with E-state index in [2.05, 4.69) is 22.0 Å². The number of rotatable bonds is 6. The van der Waals surface area contributed by atoms with Crippen LogP contribution in [0, 0.1) is 13.8 Å². The summed E-state index contributed by atoms with van der Waals surface area (Å²) >= 11 is 0. The highest BCUT2D eigenvalue weighted by Gasteiger charge is 2.24. The lowest BCUT2D eigenvalue weighted by Gasteiger charge is -2.35. The molecule has 1 N–H and O–H groups in total. The monoisotopic (exact) mass is 308 g/mol. The Morgan fingerprint density at radius 2 is 2.00 bits per heavy atom. The van der Waals surface area contributed by atoms with Crippen molar-refractivity contribution in [2.24, 2.45) is 0 Å². The summed E-state index contributed by atoms with van der Waals surface area (Å²) in [5, 5.41) is 7.23. The molecule has 22 heavy (non-hydrogen) atoms. The molecule has 0 spiro atoms. The van der Waals surface area contributed by atoms with E-state index < -0.39 is 0 Å². The lowest BCUT2D eigenvalue weighted by molar-refractivity contribution is -0.133. The molecule has 1 amide bonds. The van der Waals surface area contributed by atoms with Crippen LogP contribution in [-0.4, -0.2) is 72.3 Å². The second-order valence-corrected chi connectivity index (χ2v) is 6.17. The fraction of sp³-hybridized carbons (Fsp3) is 0.750. The molecule has 1 saturated heterocycles. The number of methoxy groups -OCH3 is 1. The number of carbonyl (C=O) groups is 1. The predicted octanol–water partition coefficient (Wildman–Crippen LogP) is 1.31. The number of nitrogens with zero attached hydrogens (tertiary/aromatic N) is 3. The van der Waals surface area contributed by atoms with E-state index in [1.54, 1.807) is 7.11 Å². The van der Waals surface area contributed by atoms with Crippen LogP contribution in [0.25, 0.3) is 0 Å². The van der Waals surface area contributed by atoms with Gasteiger partial charge in [-0.05, 0) is 25.3 Å². The van der Waals surface area contributed by atoms with Crippen molar-refractivity contribution in [2.75, 3.05) is 46.4 Å². The summed E-state index contributed by atoms with van der Waals surface area (Å²) in [5.74, 6) is 0.455. The van der Waals surface area contributed by atoms with Crippen molar-refractivity contribution < 1.29 is 9.53 Å². The Bertz CT molecular complexity index is 473. The summed E-state index contributed by atoms with van der Waals surface area (Å²) in [4.78, 5) is 16.8. The van der Waals surface area contributed by atoms with E-state index in [1.165, 1.54) is 5.56 Å². The minimum absolute atomic E-state index is 0.206. The molecular weight excluding hydrogens is 280 g/mol. The van der Waals surface area contributed by atoms with Crippen molar-refractivity contribution in [3.63, 3.8) is 0 Å². The number of ether oxygens (including phenoxy) is 1. The molecule has 2 heterocycles. The normalized spacial score (nSPS) is 17.7. The van der Waals surface area contributed by atoms with Gasteiger partial charge in [-0.2, -0.15) is 5.10 Å². The summed E-state index contributed by atoms with van der Waals surface area (Å²) in [5.41, 5.74) is 3.26. The van der Waals surface area contributed by atoms with Gasteiger partial charge in [-0.15, -0.1) is 0 Å². The van der Waals surface area contributed by atoms with E-state index >= 15 is 0 Å². The standard InChI is InChI=1S/C16H28N4O2/c1-12(16-13(2)17-18-14(16)3)11-15(21)20-7-5-19(6-8-20)9-10-22-4/h12H,5-11H2,1-4H3,(H,17,18). The fourth-order valence-corrected chi connectivity index (χ4v) is 3.22. The van der Waals surface area contributed by atoms with Gasteiger partial charge in [0.2, 0.25) is 5.91 Å². The van der Waals surface area contributed by atoms with Crippen LogP contribution in [0.4, 0.5) is 0 Å². The van der Waals surface area contributed by atoms with Gasteiger partial charge in [-0.1, -0.05) is 6.92 Å². The summed E-state index contributed by atoms with van der Waals surface area (Å²) in [6.45, 7) is 11.3. The summed E-state index contributed by atoms with van der Waals surface area (Å²) in [6.07, 6.45) is 0.555. The highest BCUT2D eigenvalue weighted by molar-refractivity contribution is 5.77. The minimum atomic E-state index is 0.206. The number of piperazine rings is 1. The van der Waals surface area contributed by atoms with Gasteiger partial charge in [0.1, 0.15) is 0 Å². The molecule has 124 valence electrons. The van der Waals surface area contributed by atoms with Crippen molar-refractivity contribution in [1.82, 2.24) is 20.0 Å². The molecule has 0 saturated carbocycles. The van der Waals surface area contributed by atoms with Crippen molar-refractivity contribution in [1.29, 1.82) is 0 Å². The van der Waals surface area contributed by atoms with Gasteiger partial charge < -0.3 is 9.64 Å². The van der Waals surface area contributed by atoms with Crippen molar-refractivity contribution in [3.05, 3.63) is 17.0 Å². The molecule has 1 atom stereocenters. The molecular formula is C16H28N4O2. The first-order valence-corrected chi connectivity index (χ1v) is 8.03. The lowest BCUT2D eigenvalue weighted by atomic mass is 9.95. The van der Waals surface area contributed by atoms with Crippen LogP contribution in [0.1, 0.15) is 36.2 Å². The van der Waals surface area contributed by atoms with Crippen molar-refractivity contribution in [2.45, 2.75) is 33.1 Å².